The Morgan fingerprint density at radius 3 is 2.67 bits per heavy atom. The normalized spacial score (nSPS) is 20.1. The van der Waals surface area contributed by atoms with Crippen LogP contribution >= 0.6 is 15.9 Å². The minimum absolute atomic E-state index is 0.268. The number of nitrogens with zero attached hydrogens (tertiary/aromatic N) is 2. The molecule has 2 N–H and O–H groups in total. The summed E-state index contributed by atoms with van der Waals surface area (Å²) in [4.78, 5) is 6.55. The predicted molar refractivity (Wildman–Crippen MR) is 81.0 cm³/mol. The molecular formula is C14H20BrN3. The average molecular weight is 310 g/mol. The lowest BCUT2D eigenvalue weighted by molar-refractivity contribution is 0.347. The van der Waals surface area contributed by atoms with Crippen LogP contribution in [0.4, 0.5) is 5.69 Å². The van der Waals surface area contributed by atoms with Gasteiger partial charge in [-0.1, -0.05) is 32.9 Å². The van der Waals surface area contributed by atoms with Gasteiger partial charge in [-0.3, -0.25) is 4.99 Å². The quantitative estimate of drug-likeness (QED) is 0.910. The fraction of sp³-hybridized carbons (Fsp3) is 0.500. The third-order valence-electron chi connectivity index (χ3n) is 3.04. The SMILES string of the molecule is CC(C)(C)CC1CN=C(N)N1c1ccccc1Br. The molecule has 0 bridgehead atoms. The molecule has 2 rings (SSSR count). The van der Waals surface area contributed by atoms with E-state index in [0.29, 0.717) is 12.0 Å². The second-order valence-corrected chi connectivity index (χ2v) is 6.79. The highest BCUT2D eigenvalue weighted by molar-refractivity contribution is 9.10. The number of rotatable bonds is 2. The van der Waals surface area contributed by atoms with E-state index >= 15 is 0 Å². The molecule has 1 heterocycles. The summed E-state index contributed by atoms with van der Waals surface area (Å²) < 4.78 is 1.06. The molecule has 1 atom stereocenters. The van der Waals surface area contributed by atoms with Crippen LogP contribution in [0.2, 0.25) is 0 Å². The second kappa shape index (κ2) is 4.92. The Morgan fingerprint density at radius 2 is 2.06 bits per heavy atom. The van der Waals surface area contributed by atoms with E-state index in [9.17, 15) is 0 Å². The molecule has 0 aliphatic carbocycles. The summed E-state index contributed by atoms with van der Waals surface area (Å²) in [5.74, 6) is 0.621. The van der Waals surface area contributed by atoms with Gasteiger partial charge >= 0.3 is 0 Å². The fourth-order valence-corrected chi connectivity index (χ4v) is 2.85. The van der Waals surface area contributed by atoms with Crippen molar-refractivity contribution in [3.8, 4) is 0 Å². The molecule has 0 saturated heterocycles. The topological polar surface area (TPSA) is 41.6 Å². The van der Waals surface area contributed by atoms with E-state index in [4.69, 9.17) is 5.73 Å². The molecular weight excluding hydrogens is 290 g/mol. The lowest BCUT2D eigenvalue weighted by atomic mass is 9.87. The van der Waals surface area contributed by atoms with Gasteiger partial charge in [0, 0.05) is 4.47 Å². The van der Waals surface area contributed by atoms with E-state index in [2.05, 4.69) is 52.7 Å². The maximum atomic E-state index is 6.04. The highest BCUT2D eigenvalue weighted by atomic mass is 79.9. The molecule has 1 aromatic rings. The molecule has 0 radical (unpaired) electrons. The largest absolute Gasteiger partial charge is 0.370 e. The summed E-state index contributed by atoms with van der Waals surface area (Å²) >= 11 is 3.59. The van der Waals surface area contributed by atoms with Gasteiger partial charge in [-0.2, -0.15) is 0 Å². The van der Waals surface area contributed by atoms with Crippen LogP contribution in [0.1, 0.15) is 27.2 Å². The Balaban J connectivity index is 2.28. The first-order valence-electron chi connectivity index (χ1n) is 6.22. The van der Waals surface area contributed by atoms with Gasteiger partial charge in [0.25, 0.3) is 0 Å². The molecule has 0 saturated carbocycles. The van der Waals surface area contributed by atoms with Crippen molar-refractivity contribution < 1.29 is 0 Å². The van der Waals surface area contributed by atoms with Gasteiger partial charge < -0.3 is 10.6 Å². The molecule has 1 aromatic carbocycles. The summed E-state index contributed by atoms with van der Waals surface area (Å²) in [6.45, 7) is 7.53. The van der Waals surface area contributed by atoms with Gasteiger partial charge in [-0.05, 0) is 39.9 Å². The van der Waals surface area contributed by atoms with E-state index in [1.807, 2.05) is 18.2 Å². The predicted octanol–water partition coefficient (Wildman–Crippen LogP) is 3.39. The Bertz CT molecular complexity index is 462. The first-order valence-corrected chi connectivity index (χ1v) is 7.01. The Hall–Kier alpha value is -1.03. The van der Waals surface area contributed by atoms with E-state index < -0.39 is 0 Å². The van der Waals surface area contributed by atoms with Crippen LogP contribution in [0.3, 0.4) is 0 Å². The van der Waals surface area contributed by atoms with Crippen molar-refractivity contribution >= 4 is 27.6 Å². The molecule has 0 spiro atoms. The molecule has 1 aliphatic heterocycles. The monoisotopic (exact) mass is 309 g/mol. The summed E-state index contributed by atoms with van der Waals surface area (Å²) in [5.41, 5.74) is 7.41. The number of hydrogen-bond donors (Lipinski definition) is 1. The van der Waals surface area contributed by atoms with Crippen LogP contribution in [0.25, 0.3) is 0 Å². The maximum Gasteiger partial charge on any atom is 0.196 e. The lowest BCUT2D eigenvalue weighted by Crippen LogP contribution is -2.42. The Kier molecular flexibility index (Phi) is 3.66. The van der Waals surface area contributed by atoms with E-state index in [-0.39, 0.29) is 5.41 Å². The molecule has 0 amide bonds. The Morgan fingerprint density at radius 1 is 1.39 bits per heavy atom. The van der Waals surface area contributed by atoms with Crippen molar-refractivity contribution in [2.75, 3.05) is 11.4 Å². The minimum atomic E-state index is 0.268. The zero-order valence-corrected chi connectivity index (χ0v) is 12.7. The second-order valence-electron chi connectivity index (χ2n) is 5.94. The van der Waals surface area contributed by atoms with Crippen LogP contribution in [0.5, 0.6) is 0 Å². The van der Waals surface area contributed by atoms with Crippen molar-refractivity contribution in [1.82, 2.24) is 0 Å². The van der Waals surface area contributed by atoms with Crippen molar-refractivity contribution in [3.63, 3.8) is 0 Å². The zero-order chi connectivity index (χ0) is 13.3. The van der Waals surface area contributed by atoms with Gasteiger partial charge in [0.15, 0.2) is 5.96 Å². The number of halogens is 1. The van der Waals surface area contributed by atoms with Crippen molar-refractivity contribution in [3.05, 3.63) is 28.7 Å². The van der Waals surface area contributed by atoms with Crippen molar-refractivity contribution in [2.45, 2.75) is 33.2 Å². The van der Waals surface area contributed by atoms with Gasteiger partial charge in [0.1, 0.15) is 0 Å². The van der Waals surface area contributed by atoms with Gasteiger partial charge in [0.05, 0.1) is 18.3 Å². The smallest absolute Gasteiger partial charge is 0.196 e. The third-order valence-corrected chi connectivity index (χ3v) is 3.71. The van der Waals surface area contributed by atoms with Gasteiger partial charge in [-0.25, -0.2) is 0 Å². The number of hydrogen-bond acceptors (Lipinski definition) is 3. The van der Waals surface area contributed by atoms with E-state index in [1.54, 1.807) is 0 Å². The molecule has 3 nitrogen and oxygen atoms in total. The summed E-state index contributed by atoms with van der Waals surface area (Å²) in [7, 11) is 0. The molecule has 18 heavy (non-hydrogen) atoms. The Labute approximate surface area is 117 Å². The maximum absolute atomic E-state index is 6.04. The molecule has 1 aliphatic rings. The summed E-state index contributed by atoms with van der Waals surface area (Å²) in [5, 5.41) is 0. The number of para-hydroxylation sites is 1. The minimum Gasteiger partial charge on any atom is -0.370 e. The van der Waals surface area contributed by atoms with Crippen LogP contribution in [-0.4, -0.2) is 18.5 Å². The molecule has 1 unspecified atom stereocenters. The van der Waals surface area contributed by atoms with Crippen LogP contribution in [-0.2, 0) is 0 Å². The average Bonchev–Trinajstić information content (AvgIpc) is 2.59. The first-order chi connectivity index (χ1) is 8.38. The number of guanidine groups is 1. The van der Waals surface area contributed by atoms with E-state index in [1.165, 1.54) is 0 Å². The number of nitrogens with two attached hydrogens (primary N) is 1. The van der Waals surface area contributed by atoms with Gasteiger partial charge in [-0.15, -0.1) is 0 Å². The highest BCUT2D eigenvalue weighted by Crippen LogP contribution is 2.33. The van der Waals surface area contributed by atoms with Crippen LogP contribution in [0.15, 0.2) is 33.7 Å². The molecule has 4 heteroatoms. The van der Waals surface area contributed by atoms with Crippen LogP contribution < -0.4 is 10.6 Å². The number of anilines is 1. The lowest BCUT2D eigenvalue weighted by Gasteiger charge is -2.31. The standard InChI is InChI=1S/C14H20BrN3/c1-14(2,3)8-10-9-17-13(16)18(10)12-7-5-4-6-11(12)15/h4-7,10H,8-9H2,1-3H3,(H2,16,17). The number of benzene rings is 1. The number of aliphatic imine (C=N–C) groups is 1. The highest BCUT2D eigenvalue weighted by Gasteiger charge is 2.31. The summed E-state index contributed by atoms with van der Waals surface area (Å²) in [6, 6.07) is 8.50. The fourth-order valence-electron chi connectivity index (χ4n) is 2.37. The first kappa shape index (κ1) is 13.4. The summed E-state index contributed by atoms with van der Waals surface area (Å²) in [6.07, 6.45) is 1.07. The van der Waals surface area contributed by atoms with Gasteiger partial charge in [0.2, 0.25) is 0 Å². The van der Waals surface area contributed by atoms with Crippen molar-refractivity contribution in [2.24, 2.45) is 16.1 Å². The van der Waals surface area contributed by atoms with Crippen molar-refractivity contribution in [1.29, 1.82) is 0 Å². The molecule has 0 fully saturated rings. The van der Waals surface area contributed by atoms with E-state index in [0.717, 1.165) is 23.1 Å². The third kappa shape index (κ3) is 2.86. The molecule has 0 aromatic heterocycles. The zero-order valence-electron chi connectivity index (χ0n) is 11.2. The molecule has 98 valence electrons. The van der Waals surface area contributed by atoms with Crippen LogP contribution in [0, 0.1) is 5.41 Å².